The van der Waals surface area contributed by atoms with Crippen molar-refractivity contribution in [1.82, 2.24) is 19.2 Å². The van der Waals surface area contributed by atoms with Crippen molar-refractivity contribution in [2.24, 2.45) is 5.41 Å². The Kier molecular flexibility index (Phi) is 7.55. The maximum absolute atomic E-state index is 14.4. The van der Waals surface area contributed by atoms with Crippen LogP contribution in [0.5, 0.6) is 11.5 Å². The van der Waals surface area contributed by atoms with E-state index in [9.17, 15) is 9.59 Å². The number of carbonyl (C=O) groups is 2. The van der Waals surface area contributed by atoms with Gasteiger partial charge in [0.05, 0.1) is 0 Å². The van der Waals surface area contributed by atoms with Gasteiger partial charge in [-0.2, -0.15) is 0 Å². The average molecular weight is 571 g/mol. The van der Waals surface area contributed by atoms with Crippen molar-refractivity contribution < 1.29 is 19.1 Å². The molecule has 3 aromatic rings. The van der Waals surface area contributed by atoms with Gasteiger partial charge in [0.1, 0.15) is 30.3 Å². The fraction of sp³-hybridized carbons (Fsp3) is 0.559. The van der Waals surface area contributed by atoms with E-state index in [-0.39, 0.29) is 29.8 Å². The molecule has 2 aliphatic heterocycles. The Bertz CT molecular complexity index is 1440. The highest BCUT2D eigenvalue weighted by Gasteiger charge is 2.48. The van der Waals surface area contributed by atoms with Gasteiger partial charge in [0.25, 0.3) is 5.91 Å². The van der Waals surface area contributed by atoms with Gasteiger partial charge in [0.15, 0.2) is 6.10 Å². The van der Waals surface area contributed by atoms with Crippen molar-refractivity contribution in [3.05, 3.63) is 60.0 Å². The highest BCUT2D eigenvalue weighted by molar-refractivity contribution is 5.88. The molecule has 0 N–H and O–H groups in total. The van der Waals surface area contributed by atoms with E-state index in [1.54, 1.807) is 6.20 Å². The maximum atomic E-state index is 14.4. The summed E-state index contributed by atoms with van der Waals surface area (Å²) in [6.07, 6.45) is 18.0. The Morgan fingerprint density at radius 3 is 2.64 bits per heavy atom. The molecular formula is C34H42N4O4. The van der Waals surface area contributed by atoms with Crippen molar-refractivity contribution in [1.29, 1.82) is 0 Å². The Labute approximate surface area is 248 Å². The van der Waals surface area contributed by atoms with Crippen molar-refractivity contribution in [2.75, 3.05) is 19.6 Å². The molecule has 2 aromatic heterocycles. The number of likely N-dealkylation sites (tertiary alicyclic amines) is 1. The summed E-state index contributed by atoms with van der Waals surface area (Å²) < 4.78 is 14.6. The van der Waals surface area contributed by atoms with Gasteiger partial charge in [-0.05, 0) is 74.5 Å². The number of imidazole rings is 1. The molecule has 2 saturated carbocycles. The number of carbonyl (C=O) groups excluding carboxylic acids is 2. The first-order valence-electron chi connectivity index (χ1n) is 16.0. The number of rotatable bonds is 7. The second-order valence-electron chi connectivity index (χ2n) is 12.8. The molecule has 1 unspecified atom stereocenters. The zero-order chi connectivity index (χ0) is 28.5. The van der Waals surface area contributed by atoms with Crippen molar-refractivity contribution >= 4 is 17.5 Å². The number of fused-ring (bicyclic) bond motifs is 2. The normalized spacial score (nSPS) is 23.1. The van der Waals surface area contributed by atoms with Gasteiger partial charge in [0, 0.05) is 49.4 Å². The minimum atomic E-state index is -0.580. The van der Waals surface area contributed by atoms with Gasteiger partial charge in [0.2, 0.25) is 5.91 Å². The SMILES string of the molecule is O=C(CN(C(=O)C1CCc2ccc(OCc3ccc4nccn4c3)cc2O1)[C@H]1CCCCC12CCCC2)N1CCCC1. The third-order valence-corrected chi connectivity index (χ3v) is 10.2. The second kappa shape index (κ2) is 11.6. The summed E-state index contributed by atoms with van der Waals surface area (Å²) >= 11 is 0. The molecule has 2 atom stereocenters. The molecule has 2 aliphatic carbocycles. The fourth-order valence-corrected chi connectivity index (χ4v) is 8.01. The van der Waals surface area contributed by atoms with Crippen LogP contribution in [0.4, 0.5) is 0 Å². The fourth-order valence-electron chi connectivity index (χ4n) is 8.01. The third-order valence-electron chi connectivity index (χ3n) is 10.2. The molecule has 4 aliphatic rings. The molecule has 8 heteroatoms. The first-order valence-corrected chi connectivity index (χ1v) is 16.0. The van der Waals surface area contributed by atoms with E-state index in [0.29, 0.717) is 24.5 Å². The van der Waals surface area contributed by atoms with Gasteiger partial charge in [-0.1, -0.05) is 37.8 Å². The van der Waals surface area contributed by atoms with Gasteiger partial charge < -0.3 is 23.7 Å². The van der Waals surface area contributed by atoms with Crippen LogP contribution in [0.2, 0.25) is 0 Å². The highest BCUT2D eigenvalue weighted by atomic mass is 16.5. The van der Waals surface area contributed by atoms with Crippen LogP contribution in [0.15, 0.2) is 48.9 Å². The van der Waals surface area contributed by atoms with Crippen LogP contribution in [0, 0.1) is 5.41 Å². The van der Waals surface area contributed by atoms with Crippen LogP contribution in [-0.2, 0) is 22.6 Å². The monoisotopic (exact) mass is 570 g/mol. The first kappa shape index (κ1) is 27.3. The van der Waals surface area contributed by atoms with Crippen molar-refractivity contribution in [2.45, 2.75) is 95.8 Å². The Morgan fingerprint density at radius 2 is 1.81 bits per heavy atom. The summed E-state index contributed by atoms with van der Waals surface area (Å²) in [5, 5.41) is 0. The van der Waals surface area contributed by atoms with Gasteiger partial charge >= 0.3 is 0 Å². The number of nitrogens with zero attached hydrogens (tertiary/aromatic N) is 4. The molecule has 222 valence electrons. The minimum absolute atomic E-state index is 0.00803. The number of hydrogen-bond donors (Lipinski definition) is 0. The molecule has 42 heavy (non-hydrogen) atoms. The third kappa shape index (κ3) is 5.36. The molecule has 7 rings (SSSR count). The summed E-state index contributed by atoms with van der Waals surface area (Å²) in [7, 11) is 0. The second-order valence-corrected chi connectivity index (χ2v) is 12.8. The lowest BCUT2D eigenvalue weighted by Crippen LogP contribution is -2.57. The van der Waals surface area contributed by atoms with E-state index in [0.717, 1.165) is 62.0 Å². The van der Waals surface area contributed by atoms with Gasteiger partial charge in [-0.15, -0.1) is 0 Å². The quantitative estimate of drug-likeness (QED) is 0.372. The van der Waals surface area contributed by atoms with E-state index < -0.39 is 6.10 Å². The molecule has 1 spiro atoms. The molecule has 0 bridgehead atoms. The molecule has 3 fully saturated rings. The number of ether oxygens (including phenoxy) is 2. The lowest BCUT2D eigenvalue weighted by molar-refractivity contribution is -0.152. The number of aryl methyl sites for hydroxylation is 1. The Balaban J connectivity index is 1.08. The van der Waals surface area contributed by atoms with E-state index in [4.69, 9.17) is 9.47 Å². The minimum Gasteiger partial charge on any atom is -0.489 e. The largest absolute Gasteiger partial charge is 0.489 e. The summed E-state index contributed by atoms with van der Waals surface area (Å²) in [6.45, 7) is 2.22. The smallest absolute Gasteiger partial charge is 0.264 e. The zero-order valence-electron chi connectivity index (χ0n) is 24.5. The predicted octanol–water partition coefficient (Wildman–Crippen LogP) is 5.56. The molecule has 2 amide bonds. The van der Waals surface area contributed by atoms with Crippen LogP contribution in [0.25, 0.3) is 5.65 Å². The van der Waals surface area contributed by atoms with Crippen LogP contribution < -0.4 is 9.47 Å². The van der Waals surface area contributed by atoms with Gasteiger partial charge in [-0.3, -0.25) is 9.59 Å². The highest BCUT2D eigenvalue weighted by Crippen LogP contribution is 2.51. The van der Waals surface area contributed by atoms with E-state index >= 15 is 0 Å². The Morgan fingerprint density at radius 1 is 1.00 bits per heavy atom. The van der Waals surface area contributed by atoms with Crippen molar-refractivity contribution in [3.63, 3.8) is 0 Å². The number of aromatic nitrogens is 2. The standard InChI is InChI=1S/C34H42N4O4/c39-32(36-18-5-6-19-36)23-38(30-7-1-2-14-34(30)15-3-4-16-34)33(40)28-12-10-26-9-11-27(21-29(26)42-28)41-24-25-8-13-31-35-17-20-37(31)22-25/h8-9,11,13,17,20-22,28,30H,1-7,10,12,14-16,18-19,23-24H2/t28?,30-/m0/s1. The summed E-state index contributed by atoms with van der Waals surface area (Å²) in [6, 6.07) is 10.1. The maximum Gasteiger partial charge on any atom is 0.264 e. The van der Waals surface area contributed by atoms with Crippen molar-refractivity contribution in [3.8, 4) is 11.5 Å². The molecule has 1 aromatic carbocycles. The van der Waals surface area contributed by atoms with Crippen LogP contribution in [0.3, 0.4) is 0 Å². The average Bonchev–Trinajstić information content (AvgIpc) is 3.81. The zero-order valence-corrected chi connectivity index (χ0v) is 24.5. The van der Waals surface area contributed by atoms with Crippen LogP contribution in [-0.4, -0.2) is 62.8 Å². The summed E-state index contributed by atoms with van der Waals surface area (Å²) in [5.41, 5.74) is 3.20. The molecule has 4 heterocycles. The summed E-state index contributed by atoms with van der Waals surface area (Å²) in [5.74, 6) is 1.52. The number of amides is 2. The Hall–Kier alpha value is -3.55. The topological polar surface area (TPSA) is 76.4 Å². The first-order chi connectivity index (χ1) is 20.6. The predicted molar refractivity (Wildman–Crippen MR) is 159 cm³/mol. The molecular weight excluding hydrogens is 528 g/mol. The summed E-state index contributed by atoms with van der Waals surface area (Å²) in [4.78, 5) is 36.1. The van der Waals surface area contributed by atoms with Crippen LogP contribution in [0.1, 0.15) is 81.8 Å². The number of benzene rings is 1. The molecule has 8 nitrogen and oxygen atoms in total. The van der Waals surface area contributed by atoms with Gasteiger partial charge in [-0.25, -0.2) is 4.98 Å². The molecule has 0 radical (unpaired) electrons. The van der Waals surface area contributed by atoms with Crippen LogP contribution >= 0.6 is 0 Å². The lowest BCUT2D eigenvalue weighted by atomic mass is 9.68. The molecule has 1 saturated heterocycles. The lowest BCUT2D eigenvalue weighted by Gasteiger charge is -2.48. The van der Waals surface area contributed by atoms with E-state index in [1.807, 2.05) is 56.9 Å². The number of hydrogen-bond acceptors (Lipinski definition) is 5. The van der Waals surface area contributed by atoms with E-state index in [1.165, 1.54) is 38.5 Å². The number of pyridine rings is 1. The van der Waals surface area contributed by atoms with E-state index in [2.05, 4.69) is 4.98 Å².